The summed E-state index contributed by atoms with van der Waals surface area (Å²) in [6.07, 6.45) is 5.49. The van der Waals surface area contributed by atoms with Crippen LogP contribution in [0.5, 0.6) is 0 Å². The largest absolute Gasteiger partial charge is 0.477 e. The fraction of sp³-hybridized carbons (Fsp3) is 0.231. The second kappa shape index (κ2) is 4.86. The highest BCUT2D eigenvalue weighted by molar-refractivity contribution is 6.06. The van der Waals surface area contributed by atoms with Crippen LogP contribution in [-0.4, -0.2) is 40.3 Å². The highest BCUT2D eigenvalue weighted by Crippen LogP contribution is 2.14. The molecule has 0 bridgehead atoms. The Morgan fingerprint density at radius 3 is 2.85 bits per heavy atom. The van der Waals surface area contributed by atoms with Crippen LogP contribution in [0.3, 0.4) is 0 Å². The highest BCUT2D eigenvalue weighted by Gasteiger charge is 2.26. The first-order valence-corrected chi connectivity index (χ1v) is 6.15. The number of aromatic nitrogens is 1. The van der Waals surface area contributed by atoms with Crippen molar-refractivity contribution >= 4 is 17.4 Å². The summed E-state index contributed by atoms with van der Waals surface area (Å²) in [4.78, 5) is 14.8. The third-order valence-corrected chi connectivity index (χ3v) is 3.25. The summed E-state index contributed by atoms with van der Waals surface area (Å²) in [6.45, 7) is 1.43. The maximum absolute atomic E-state index is 10.7. The molecule has 20 heavy (non-hydrogen) atoms. The number of ether oxygens (including phenoxy) is 1. The maximum atomic E-state index is 10.7. The van der Waals surface area contributed by atoms with Gasteiger partial charge in [-0.1, -0.05) is 0 Å². The number of hydrogen-bond donors (Lipinski definition) is 3. The van der Waals surface area contributed by atoms with Gasteiger partial charge in [-0.3, -0.25) is 15.4 Å². The number of rotatable bonds is 2. The number of carboxylic acids is 1. The lowest BCUT2D eigenvalue weighted by Gasteiger charge is -2.34. The van der Waals surface area contributed by atoms with E-state index in [0.29, 0.717) is 19.3 Å². The number of nitrogens with two attached hydrogens (primary N) is 1. The van der Waals surface area contributed by atoms with Crippen molar-refractivity contribution in [1.29, 1.82) is 0 Å². The molecule has 0 unspecified atom stereocenters. The summed E-state index contributed by atoms with van der Waals surface area (Å²) < 4.78 is 5.14. The molecule has 1 fully saturated rings. The molecule has 7 nitrogen and oxygen atoms in total. The van der Waals surface area contributed by atoms with Crippen LogP contribution < -0.4 is 21.7 Å². The Balaban J connectivity index is 1.88. The van der Waals surface area contributed by atoms with Crippen LogP contribution in [0.2, 0.25) is 0 Å². The van der Waals surface area contributed by atoms with E-state index in [9.17, 15) is 4.79 Å². The predicted molar refractivity (Wildman–Crippen MR) is 70.8 cm³/mol. The van der Waals surface area contributed by atoms with Crippen LogP contribution in [0, 0.1) is 0 Å². The van der Waals surface area contributed by atoms with Crippen LogP contribution in [0.15, 0.2) is 30.6 Å². The minimum atomic E-state index is -1.17. The number of carboxylic acid groups (broad SMARTS) is 1. The molecule has 0 amide bonds. The van der Waals surface area contributed by atoms with Gasteiger partial charge in [0, 0.05) is 17.6 Å². The van der Waals surface area contributed by atoms with Gasteiger partial charge in [0.15, 0.2) is 0 Å². The Kier molecular flexibility index (Phi) is 3.03. The Morgan fingerprint density at radius 2 is 2.30 bits per heavy atom. The smallest absolute Gasteiger partial charge is 0.354 e. The zero-order chi connectivity index (χ0) is 14.1. The van der Waals surface area contributed by atoms with Gasteiger partial charge in [-0.2, -0.15) is 0 Å². The van der Waals surface area contributed by atoms with Crippen LogP contribution in [0.25, 0.3) is 11.4 Å². The average Bonchev–Trinajstić information content (AvgIpc) is 2.85. The van der Waals surface area contributed by atoms with Crippen molar-refractivity contribution < 1.29 is 14.6 Å². The summed E-state index contributed by atoms with van der Waals surface area (Å²) in [7, 11) is 0. The number of nitrogens with one attached hydrogen (secondary N) is 1. The molecule has 2 aliphatic rings. The molecule has 4 N–H and O–H groups in total. The van der Waals surface area contributed by atoms with Crippen molar-refractivity contribution in [3.63, 3.8) is 0 Å². The van der Waals surface area contributed by atoms with E-state index in [1.54, 1.807) is 18.3 Å². The molecule has 0 radical (unpaired) electrons. The lowest BCUT2D eigenvalue weighted by Crippen LogP contribution is -2.50. The molecule has 7 heteroatoms. The second-order valence-electron chi connectivity index (χ2n) is 4.59. The average molecular weight is 274 g/mol. The minimum Gasteiger partial charge on any atom is -0.477 e. The van der Waals surface area contributed by atoms with Crippen LogP contribution in [0.1, 0.15) is 0 Å². The topological polar surface area (TPSA) is 101 Å². The van der Waals surface area contributed by atoms with Crippen molar-refractivity contribution in [2.75, 3.05) is 13.2 Å². The van der Waals surface area contributed by atoms with Gasteiger partial charge in [0.2, 0.25) is 0 Å². The molecular weight excluding hydrogens is 260 g/mol. The summed E-state index contributed by atoms with van der Waals surface area (Å²) >= 11 is 0. The number of pyridine rings is 1. The molecule has 0 aliphatic carbocycles. The lowest BCUT2D eigenvalue weighted by atomic mass is 10.2. The number of hydrogen-bond acceptors (Lipinski definition) is 6. The lowest BCUT2D eigenvalue weighted by molar-refractivity contribution is -0.130. The van der Waals surface area contributed by atoms with Crippen molar-refractivity contribution in [3.05, 3.63) is 41.2 Å². The molecule has 0 spiro atoms. The number of aliphatic carboxylic acids is 1. The maximum Gasteiger partial charge on any atom is 0.354 e. The Hall–Kier alpha value is -2.54. The Morgan fingerprint density at radius 1 is 1.50 bits per heavy atom. The highest BCUT2D eigenvalue weighted by atomic mass is 16.5. The van der Waals surface area contributed by atoms with E-state index in [-0.39, 0.29) is 11.0 Å². The number of hydrazine groups is 1. The first kappa shape index (κ1) is 12.5. The summed E-state index contributed by atoms with van der Waals surface area (Å²) in [5, 5.41) is 11.9. The van der Waals surface area contributed by atoms with Gasteiger partial charge in [-0.25, -0.2) is 4.79 Å². The molecule has 0 saturated carbocycles. The molecule has 1 aromatic rings. The van der Waals surface area contributed by atoms with Gasteiger partial charge < -0.3 is 15.6 Å². The van der Waals surface area contributed by atoms with Crippen LogP contribution in [-0.2, 0) is 9.53 Å². The Bertz CT molecular complexity index is 671. The summed E-state index contributed by atoms with van der Waals surface area (Å²) in [5.74, 6) is -1.17. The van der Waals surface area contributed by atoms with Gasteiger partial charge in [0.05, 0.1) is 30.3 Å². The molecule has 104 valence electrons. The van der Waals surface area contributed by atoms with Gasteiger partial charge >= 0.3 is 5.97 Å². The molecular formula is C13H14N4O3. The first-order chi connectivity index (χ1) is 9.65. The molecule has 3 rings (SSSR count). The third-order valence-electron chi connectivity index (χ3n) is 3.25. The first-order valence-electron chi connectivity index (χ1n) is 6.15. The SMILES string of the molecule is N/C(C(=O)O)=c1/ccc(=C2C=CN(C3COC3)N2)cn1. The molecule has 2 aliphatic heterocycles. The van der Waals surface area contributed by atoms with Crippen molar-refractivity contribution in [3.8, 4) is 0 Å². The molecule has 0 atom stereocenters. The standard InChI is InChI=1S/C13H14N4O3/c14-12(13(18)19)11-2-1-8(5-15-11)10-3-4-17(16-10)9-6-20-7-9/h1-5,9,16H,6-7,14H2,(H,18,19)/b10-8?,12-11-. The van der Waals surface area contributed by atoms with Gasteiger partial charge in [0.25, 0.3) is 0 Å². The normalized spacial score (nSPS) is 22.3. The van der Waals surface area contributed by atoms with Crippen molar-refractivity contribution in [2.45, 2.75) is 6.04 Å². The molecule has 1 aromatic heterocycles. The van der Waals surface area contributed by atoms with Crippen molar-refractivity contribution in [2.24, 2.45) is 5.73 Å². The Labute approximate surface area is 114 Å². The fourth-order valence-corrected chi connectivity index (χ4v) is 1.95. The summed E-state index contributed by atoms with van der Waals surface area (Å²) in [6, 6.07) is 3.73. The molecule has 1 saturated heterocycles. The monoisotopic (exact) mass is 274 g/mol. The minimum absolute atomic E-state index is 0.257. The van der Waals surface area contributed by atoms with E-state index in [1.807, 2.05) is 17.3 Å². The van der Waals surface area contributed by atoms with E-state index in [4.69, 9.17) is 15.6 Å². The number of nitrogens with zero attached hydrogens (tertiary/aromatic N) is 2. The zero-order valence-electron chi connectivity index (χ0n) is 10.6. The molecule has 0 aromatic carbocycles. The van der Waals surface area contributed by atoms with Crippen LogP contribution >= 0.6 is 0 Å². The van der Waals surface area contributed by atoms with Gasteiger partial charge in [-0.05, 0) is 18.2 Å². The zero-order valence-corrected chi connectivity index (χ0v) is 10.6. The predicted octanol–water partition coefficient (Wildman–Crippen LogP) is -1.93. The fourth-order valence-electron chi connectivity index (χ4n) is 1.95. The van der Waals surface area contributed by atoms with E-state index < -0.39 is 5.97 Å². The second-order valence-corrected chi connectivity index (χ2v) is 4.59. The quantitative estimate of drug-likeness (QED) is 0.577. The van der Waals surface area contributed by atoms with Crippen molar-refractivity contribution in [1.82, 2.24) is 15.4 Å². The van der Waals surface area contributed by atoms with E-state index in [0.717, 1.165) is 10.9 Å². The summed E-state index contributed by atoms with van der Waals surface area (Å²) in [5.41, 5.74) is 9.32. The van der Waals surface area contributed by atoms with Gasteiger partial charge in [-0.15, -0.1) is 0 Å². The van der Waals surface area contributed by atoms with Gasteiger partial charge in [0.1, 0.15) is 5.70 Å². The van der Waals surface area contributed by atoms with Crippen LogP contribution in [0.4, 0.5) is 0 Å². The molecule has 3 heterocycles. The third kappa shape index (κ3) is 2.19. The van der Waals surface area contributed by atoms with E-state index >= 15 is 0 Å². The number of carbonyl (C=O) groups is 1. The van der Waals surface area contributed by atoms with E-state index in [1.165, 1.54) is 0 Å². The van der Waals surface area contributed by atoms with E-state index in [2.05, 4.69) is 10.4 Å².